The first kappa shape index (κ1) is 13.5. The van der Waals surface area contributed by atoms with E-state index in [1.54, 1.807) is 0 Å². The number of aliphatic hydroxyl groups is 1. The summed E-state index contributed by atoms with van der Waals surface area (Å²) in [5.74, 6) is 0.200. The van der Waals surface area contributed by atoms with E-state index in [-0.39, 0.29) is 12.0 Å². The molecule has 1 aromatic carbocycles. The summed E-state index contributed by atoms with van der Waals surface area (Å²) in [5, 5.41) is 10.5. The van der Waals surface area contributed by atoms with Crippen LogP contribution in [0.4, 0.5) is 0 Å². The van der Waals surface area contributed by atoms with Gasteiger partial charge in [-0.3, -0.25) is 0 Å². The lowest BCUT2D eigenvalue weighted by Crippen LogP contribution is -2.22. The van der Waals surface area contributed by atoms with Crippen molar-refractivity contribution in [3.05, 3.63) is 32.7 Å². The largest absolute Gasteiger partial charge is 0.388 e. The summed E-state index contributed by atoms with van der Waals surface area (Å²) in [6.07, 6.45) is 1.59. The first-order valence-corrected chi connectivity index (χ1v) is 7.46. The van der Waals surface area contributed by atoms with Crippen molar-refractivity contribution in [2.45, 2.75) is 32.0 Å². The van der Waals surface area contributed by atoms with Gasteiger partial charge in [0.2, 0.25) is 0 Å². The van der Waals surface area contributed by atoms with Gasteiger partial charge in [0.05, 0.1) is 12.2 Å². The summed E-state index contributed by atoms with van der Waals surface area (Å²) < 4.78 is 7.58. The van der Waals surface area contributed by atoms with Gasteiger partial charge < -0.3 is 9.84 Å². The molecule has 2 nitrogen and oxygen atoms in total. The second-order valence-corrected chi connectivity index (χ2v) is 6.15. The average Bonchev–Trinajstić information content (AvgIpc) is 2.79. The summed E-state index contributed by atoms with van der Waals surface area (Å²) in [6.45, 7) is 2.86. The summed E-state index contributed by atoms with van der Waals surface area (Å²) >= 11 is 6.94. The molecule has 94 valence electrons. The van der Waals surface area contributed by atoms with Gasteiger partial charge in [0.15, 0.2) is 0 Å². The van der Waals surface area contributed by atoms with E-state index in [1.807, 2.05) is 18.2 Å². The molecule has 0 saturated carbocycles. The molecule has 0 aromatic heterocycles. The van der Waals surface area contributed by atoms with Crippen LogP contribution in [-0.4, -0.2) is 17.8 Å². The fraction of sp³-hybridized carbons (Fsp3) is 0.538. The van der Waals surface area contributed by atoms with E-state index in [1.165, 1.54) is 0 Å². The maximum atomic E-state index is 10.5. The second-order valence-electron chi connectivity index (χ2n) is 4.38. The highest BCUT2D eigenvalue weighted by Crippen LogP contribution is 2.38. The third-order valence-corrected chi connectivity index (χ3v) is 4.56. The first-order chi connectivity index (χ1) is 8.13. The highest BCUT2D eigenvalue weighted by molar-refractivity contribution is 9.11. The number of halogens is 2. The molecular weight excluding hydrogens is 348 g/mol. The van der Waals surface area contributed by atoms with E-state index < -0.39 is 6.10 Å². The predicted molar refractivity (Wildman–Crippen MR) is 74.9 cm³/mol. The standard InChI is InChI=1S/C13H16Br2O2/c1-2-12-9(5-6-17-12)13(16)10-7-8(14)3-4-11(10)15/h3-4,7,9,12-13,16H,2,5-6H2,1H3. The predicted octanol–water partition coefficient (Wildman–Crippen LogP) is 4.06. The van der Waals surface area contributed by atoms with E-state index in [9.17, 15) is 5.11 Å². The minimum absolute atomic E-state index is 0.177. The number of benzene rings is 1. The van der Waals surface area contributed by atoms with Crippen LogP contribution < -0.4 is 0 Å². The van der Waals surface area contributed by atoms with Crippen molar-refractivity contribution in [2.75, 3.05) is 6.61 Å². The smallest absolute Gasteiger partial charge is 0.0855 e. The molecule has 1 fully saturated rings. The van der Waals surface area contributed by atoms with Gasteiger partial charge in [0, 0.05) is 21.5 Å². The van der Waals surface area contributed by atoms with E-state index in [0.29, 0.717) is 0 Å². The molecule has 3 unspecified atom stereocenters. The van der Waals surface area contributed by atoms with E-state index in [0.717, 1.165) is 34.0 Å². The molecule has 0 aliphatic carbocycles. The van der Waals surface area contributed by atoms with Crippen molar-refractivity contribution >= 4 is 31.9 Å². The Hall–Kier alpha value is 0.1000. The molecule has 0 amide bonds. The van der Waals surface area contributed by atoms with Crippen LogP contribution in [0.5, 0.6) is 0 Å². The number of ether oxygens (including phenoxy) is 1. The van der Waals surface area contributed by atoms with Crippen LogP contribution in [0.3, 0.4) is 0 Å². The van der Waals surface area contributed by atoms with Crippen molar-refractivity contribution in [3.8, 4) is 0 Å². The molecule has 0 bridgehead atoms. The average molecular weight is 364 g/mol. The molecule has 0 spiro atoms. The maximum Gasteiger partial charge on any atom is 0.0855 e. The number of hydrogen-bond acceptors (Lipinski definition) is 2. The molecular formula is C13H16Br2O2. The third kappa shape index (κ3) is 2.92. The fourth-order valence-electron chi connectivity index (χ4n) is 2.42. The van der Waals surface area contributed by atoms with Crippen LogP contribution in [0, 0.1) is 5.92 Å². The number of rotatable bonds is 3. The van der Waals surface area contributed by atoms with Crippen LogP contribution in [0.25, 0.3) is 0 Å². The van der Waals surface area contributed by atoms with E-state index >= 15 is 0 Å². The Morgan fingerprint density at radius 1 is 1.47 bits per heavy atom. The summed E-state index contributed by atoms with van der Waals surface area (Å²) in [7, 11) is 0. The Bertz CT molecular complexity index is 395. The second kappa shape index (κ2) is 5.83. The van der Waals surface area contributed by atoms with Gasteiger partial charge in [0.1, 0.15) is 0 Å². The van der Waals surface area contributed by atoms with Gasteiger partial charge >= 0.3 is 0 Å². The summed E-state index contributed by atoms with van der Waals surface area (Å²) in [5.41, 5.74) is 0.938. The van der Waals surface area contributed by atoms with Crippen molar-refractivity contribution < 1.29 is 9.84 Å². The zero-order chi connectivity index (χ0) is 12.4. The summed E-state index contributed by atoms with van der Waals surface area (Å²) in [4.78, 5) is 0. The van der Waals surface area contributed by atoms with Gasteiger partial charge in [-0.05, 0) is 36.6 Å². The van der Waals surface area contributed by atoms with Crippen molar-refractivity contribution in [3.63, 3.8) is 0 Å². The fourth-order valence-corrected chi connectivity index (χ4v) is 3.28. The van der Waals surface area contributed by atoms with Crippen molar-refractivity contribution in [1.29, 1.82) is 0 Å². The van der Waals surface area contributed by atoms with Crippen LogP contribution in [0.15, 0.2) is 27.1 Å². The Kier molecular flexibility index (Phi) is 4.64. The van der Waals surface area contributed by atoms with Gasteiger partial charge in [-0.1, -0.05) is 38.8 Å². The Labute approximate surface area is 119 Å². The molecule has 1 aliphatic rings. The molecule has 17 heavy (non-hydrogen) atoms. The minimum Gasteiger partial charge on any atom is -0.388 e. The zero-order valence-corrected chi connectivity index (χ0v) is 12.9. The SMILES string of the molecule is CCC1OCCC1C(O)c1cc(Br)ccc1Br. The molecule has 2 rings (SSSR count). The topological polar surface area (TPSA) is 29.5 Å². The third-order valence-electron chi connectivity index (χ3n) is 3.35. The van der Waals surface area contributed by atoms with E-state index in [4.69, 9.17) is 4.74 Å². The quantitative estimate of drug-likeness (QED) is 0.877. The molecule has 0 radical (unpaired) electrons. The maximum absolute atomic E-state index is 10.5. The Morgan fingerprint density at radius 3 is 2.94 bits per heavy atom. The lowest BCUT2D eigenvalue weighted by molar-refractivity contribution is 0.0304. The van der Waals surface area contributed by atoms with Crippen molar-refractivity contribution in [2.24, 2.45) is 5.92 Å². The van der Waals surface area contributed by atoms with Gasteiger partial charge in [-0.2, -0.15) is 0 Å². The monoisotopic (exact) mass is 362 g/mol. The van der Waals surface area contributed by atoms with Gasteiger partial charge in [0.25, 0.3) is 0 Å². The van der Waals surface area contributed by atoms with Crippen molar-refractivity contribution in [1.82, 2.24) is 0 Å². The molecule has 1 aromatic rings. The molecule has 1 N–H and O–H groups in total. The van der Waals surface area contributed by atoms with Gasteiger partial charge in [-0.15, -0.1) is 0 Å². The van der Waals surface area contributed by atoms with E-state index in [2.05, 4.69) is 38.8 Å². The zero-order valence-electron chi connectivity index (χ0n) is 9.70. The lowest BCUT2D eigenvalue weighted by atomic mass is 9.89. The molecule has 1 saturated heterocycles. The summed E-state index contributed by atoms with van der Waals surface area (Å²) in [6, 6.07) is 5.89. The Morgan fingerprint density at radius 2 is 2.24 bits per heavy atom. The first-order valence-electron chi connectivity index (χ1n) is 5.88. The number of hydrogen-bond donors (Lipinski definition) is 1. The normalized spacial score (nSPS) is 26.1. The van der Waals surface area contributed by atoms with Crippen LogP contribution in [0.2, 0.25) is 0 Å². The van der Waals surface area contributed by atoms with Crippen LogP contribution in [0.1, 0.15) is 31.4 Å². The van der Waals surface area contributed by atoms with Gasteiger partial charge in [-0.25, -0.2) is 0 Å². The lowest BCUT2D eigenvalue weighted by Gasteiger charge is -2.24. The molecule has 3 atom stereocenters. The minimum atomic E-state index is -0.464. The highest BCUT2D eigenvalue weighted by atomic mass is 79.9. The Balaban J connectivity index is 2.24. The molecule has 1 aliphatic heterocycles. The highest BCUT2D eigenvalue weighted by Gasteiger charge is 2.34. The number of aliphatic hydroxyl groups excluding tert-OH is 1. The van der Waals surface area contributed by atoms with Crippen LogP contribution >= 0.6 is 31.9 Å². The van der Waals surface area contributed by atoms with Crippen LogP contribution in [-0.2, 0) is 4.74 Å². The molecule has 1 heterocycles. The molecule has 4 heteroatoms.